The van der Waals surface area contributed by atoms with E-state index in [1.54, 1.807) is 11.3 Å². The van der Waals surface area contributed by atoms with Gasteiger partial charge in [0.2, 0.25) is 17.2 Å². The molecule has 0 aromatic carbocycles. The Kier molecular flexibility index (Phi) is 4.82. The summed E-state index contributed by atoms with van der Waals surface area (Å²) in [7, 11) is 0. The monoisotopic (exact) mass is 324 g/mol. The largest absolute Gasteiger partial charge is 0.354 e. The van der Waals surface area contributed by atoms with Crippen molar-refractivity contribution < 1.29 is 0 Å². The van der Waals surface area contributed by atoms with E-state index < -0.39 is 0 Å². The number of hydrogen-bond donors (Lipinski definition) is 1. The highest BCUT2D eigenvalue weighted by Gasteiger charge is 2.15. The molecule has 3 rings (SSSR count). The van der Waals surface area contributed by atoms with Crippen molar-refractivity contribution in [1.82, 2.24) is 19.9 Å². The van der Waals surface area contributed by atoms with Crippen LogP contribution >= 0.6 is 22.9 Å². The Hall–Kier alpha value is -1.47. The molecule has 0 aliphatic carbocycles. The van der Waals surface area contributed by atoms with Gasteiger partial charge in [0.1, 0.15) is 0 Å². The average molecular weight is 325 g/mol. The van der Waals surface area contributed by atoms with Crippen molar-refractivity contribution in [2.75, 3.05) is 29.9 Å². The molecule has 2 aromatic heterocycles. The van der Waals surface area contributed by atoms with Gasteiger partial charge in [0.05, 0.1) is 11.2 Å². The van der Waals surface area contributed by atoms with Crippen LogP contribution in [0.3, 0.4) is 0 Å². The van der Waals surface area contributed by atoms with Gasteiger partial charge in [-0.15, -0.1) is 11.3 Å². The fourth-order valence-electron chi connectivity index (χ4n) is 2.32. The minimum absolute atomic E-state index is 0.238. The number of nitrogens with one attached hydrogen (secondary N) is 1. The molecule has 0 spiro atoms. The molecule has 8 heteroatoms. The molecule has 1 N–H and O–H groups in total. The molecule has 112 valence electrons. The van der Waals surface area contributed by atoms with Crippen LogP contribution in [0, 0.1) is 0 Å². The van der Waals surface area contributed by atoms with Gasteiger partial charge in [-0.3, -0.25) is 0 Å². The second-order valence-corrected chi connectivity index (χ2v) is 5.99. The van der Waals surface area contributed by atoms with Crippen LogP contribution < -0.4 is 10.2 Å². The number of hydrogen-bond acceptors (Lipinski definition) is 7. The molecule has 3 heterocycles. The molecule has 0 bridgehead atoms. The van der Waals surface area contributed by atoms with Crippen molar-refractivity contribution in [2.45, 2.75) is 25.7 Å². The van der Waals surface area contributed by atoms with Crippen LogP contribution in [0.5, 0.6) is 0 Å². The maximum Gasteiger partial charge on any atom is 0.231 e. The molecule has 6 nitrogen and oxygen atoms in total. The zero-order valence-corrected chi connectivity index (χ0v) is 13.2. The van der Waals surface area contributed by atoms with Crippen molar-refractivity contribution in [3.05, 3.63) is 21.9 Å². The molecule has 0 unspecified atom stereocenters. The second-order valence-electron chi connectivity index (χ2n) is 4.93. The SMILES string of the molecule is Clc1nc(NCCc2cscn2)nc(N2CCCCC2)n1. The number of piperidine rings is 1. The minimum Gasteiger partial charge on any atom is -0.354 e. The first kappa shape index (κ1) is 14.5. The Labute approximate surface area is 132 Å². The molecule has 1 aliphatic rings. The van der Waals surface area contributed by atoms with Gasteiger partial charge < -0.3 is 10.2 Å². The van der Waals surface area contributed by atoms with Gasteiger partial charge >= 0.3 is 0 Å². The number of halogens is 1. The van der Waals surface area contributed by atoms with Gasteiger partial charge in [-0.2, -0.15) is 15.0 Å². The van der Waals surface area contributed by atoms with Crippen LogP contribution in [0.25, 0.3) is 0 Å². The van der Waals surface area contributed by atoms with Crippen molar-refractivity contribution >= 4 is 34.8 Å². The van der Waals surface area contributed by atoms with Crippen LogP contribution in [0.1, 0.15) is 25.0 Å². The maximum atomic E-state index is 6.01. The first-order valence-electron chi connectivity index (χ1n) is 7.09. The third-order valence-electron chi connectivity index (χ3n) is 3.38. The van der Waals surface area contributed by atoms with E-state index >= 15 is 0 Å². The highest BCUT2D eigenvalue weighted by molar-refractivity contribution is 7.07. The Bertz CT molecular complexity index is 570. The smallest absolute Gasteiger partial charge is 0.231 e. The van der Waals surface area contributed by atoms with Gasteiger partial charge in [0.25, 0.3) is 0 Å². The summed E-state index contributed by atoms with van der Waals surface area (Å²) < 4.78 is 0. The maximum absolute atomic E-state index is 6.01. The lowest BCUT2D eigenvalue weighted by Gasteiger charge is -2.26. The number of aromatic nitrogens is 4. The van der Waals surface area contributed by atoms with Crippen LogP contribution in [-0.4, -0.2) is 39.6 Å². The molecule has 1 saturated heterocycles. The summed E-state index contributed by atoms with van der Waals surface area (Å²) in [6, 6.07) is 0. The molecule has 0 saturated carbocycles. The third kappa shape index (κ3) is 4.01. The van der Waals surface area contributed by atoms with Crippen molar-refractivity contribution in [1.29, 1.82) is 0 Å². The fraction of sp³-hybridized carbons (Fsp3) is 0.538. The Morgan fingerprint density at radius 3 is 2.81 bits per heavy atom. The van der Waals surface area contributed by atoms with Crippen LogP contribution in [0.15, 0.2) is 10.9 Å². The molecular weight excluding hydrogens is 308 g/mol. The highest BCUT2D eigenvalue weighted by Crippen LogP contribution is 2.18. The third-order valence-corrected chi connectivity index (χ3v) is 4.19. The number of nitrogens with zero attached hydrogens (tertiary/aromatic N) is 5. The van der Waals surface area contributed by atoms with Gasteiger partial charge in [-0.25, -0.2) is 4.98 Å². The van der Waals surface area contributed by atoms with Crippen LogP contribution in [0.4, 0.5) is 11.9 Å². The quantitative estimate of drug-likeness (QED) is 0.912. The molecule has 0 radical (unpaired) electrons. The normalized spacial score (nSPS) is 15.2. The van der Waals surface area contributed by atoms with Crippen molar-refractivity contribution in [3.63, 3.8) is 0 Å². The lowest BCUT2D eigenvalue weighted by molar-refractivity contribution is 0.567. The minimum atomic E-state index is 0.238. The predicted octanol–water partition coefficient (Wildman–Crippen LogP) is 2.63. The summed E-state index contributed by atoms with van der Waals surface area (Å²) in [5, 5.41) is 5.48. The fourth-order valence-corrected chi connectivity index (χ4v) is 3.07. The molecule has 0 atom stereocenters. The predicted molar refractivity (Wildman–Crippen MR) is 85.2 cm³/mol. The van der Waals surface area contributed by atoms with E-state index in [-0.39, 0.29) is 5.28 Å². The van der Waals surface area contributed by atoms with Gasteiger partial charge in [0.15, 0.2) is 0 Å². The number of rotatable bonds is 5. The Balaban J connectivity index is 1.63. The Morgan fingerprint density at radius 2 is 2.05 bits per heavy atom. The highest BCUT2D eigenvalue weighted by atomic mass is 35.5. The molecule has 2 aromatic rings. The molecule has 1 fully saturated rings. The summed E-state index contributed by atoms with van der Waals surface area (Å²) in [6.07, 6.45) is 4.46. The number of anilines is 2. The average Bonchev–Trinajstić information content (AvgIpc) is 3.01. The Morgan fingerprint density at radius 1 is 1.19 bits per heavy atom. The van der Waals surface area contributed by atoms with Crippen molar-refractivity contribution in [3.8, 4) is 0 Å². The van der Waals surface area contributed by atoms with Gasteiger partial charge in [-0.1, -0.05) is 0 Å². The zero-order chi connectivity index (χ0) is 14.5. The molecular formula is C13H17ClN6S. The van der Waals surface area contributed by atoms with Gasteiger partial charge in [0, 0.05) is 31.4 Å². The topological polar surface area (TPSA) is 66.8 Å². The molecule has 21 heavy (non-hydrogen) atoms. The zero-order valence-electron chi connectivity index (χ0n) is 11.6. The van der Waals surface area contributed by atoms with E-state index in [1.165, 1.54) is 19.3 Å². The van der Waals surface area contributed by atoms with Crippen LogP contribution in [-0.2, 0) is 6.42 Å². The van der Waals surface area contributed by atoms with E-state index in [2.05, 4.69) is 30.2 Å². The lowest BCUT2D eigenvalue weighted by atomic mass is 10.1. The lowest BCUT2D eigenvalue weighted by Crippen LogP contribution is -2.31. The summed E-state index contributed by atoms with van der Waals surface area (Å²) in [4.78, 5) is 19.3. The first-order chi connectivity index (χ1) is 10.3. The second kappa shape index (κ2) is 7.00. The molecule has 1 aliphatic heterocycles. The summed E-state index contributed by atoms with van der Waals surface area (Å²) in [6.45, 7) is 2.70. The summed E-state index contributed by atoms with van der Waals surface area (Å²) >= 11 is 7.61. The van der Waals surface area contributed by atoms with E-state index in [4.69, 9.17) is 11.6 Å². The van der Waals surface area contributed by atoms with E-state index in [0.29, 0.717) is 11.9 Å². The van der Waals surface area contributed by atoms with E-state index in [0.717, 1.165) is 31.7 Å². The van der Waals surface area contributed by atoms with E-state index in [1.807, 2.05) is 10.9 Å². The summed E-state index contributed by atoms with van der Waals surface area (Å²) in [5.74, 6) is 1.21. The van der Waals surface area contributed by atoms with Crippen molar-refractivity contribution in [2.24, 2.45) is 0 Å². The standard InChI is InChI=1S/C13H17ClN6S/c14-11-17-12(15-5-4-10-8-21-9-16-10)19-13(18-11)20-6-2-1-3-7-20/h8-9H,1-7H2,(H,15,17,18,19). The summed E-state index contributed by atoms with van der Waals surface area (Å²) in [5.41, 5.74) is 2.91. The molecule has 0 amide bonds. The van der Waals surface area contributed by atoms with Crippen LogP contribution in [0.2, 0.25) is 5.28 Å². The van der Waals surface area contributed by atoms with Gasteiger partial charge in [-0.05, 0) is 30.9 Å². The van der Waals surface area contributed by atoms with E-state index in [9.17, 15) is 0 Å². The number of thiazole rings is 1. The first-order valence-corrected chi connectivity index (χ1v) is 8.41.